The number of nitrogens with two attached hydrogens (primary N) is 1. The highest BCUT2D eigenvalue weighted by Crippen LogP contribution is 2.25. The highest BCUT2D eigenvalue weighted by atomic mass is 19.1. The Labute approximate surface area is 122 Å². The van der Waals surface area contributed by atoms with Gasteiger partial charge in [-0.3, -0.25) is 0 Å². The third-order valence-corrected chi connectivity index (χ3v) is 3.83. The average Bonchev–Trinajstić information content (AvgIpc) is 2.93. The van der Waals surface area contributed by atoms with Crippen molar-refractivity contribution in [3.05, 3.63) is 23.5 Å². The Morgan fingerprint density at radius 3 is 3.00 bits per heavy atom. The number of anilines is 1. The molecule has 0 saturated carbocycles. The van der Waals surface area contributed by atoms with Crippen molar-refractivity contribution in [2.75, 3.05) is 12.3 Å². The molecule has 1 aliphatic heterocycles. The molecule has 1 aromatic heterocycles. The van der Waals surface area contributed by atoms with E-state index in [0.29, 0.717) is 29.2 Å². The number of nitrogen functional groups attached to an aromatic ring is 1. The zero-order chi connectivity index (χ0) is 14.8. The molecule has 1 saturated heterocycles. The first-order chi connectivity index (χ1) is 10.1. The minimum absolute atomic E-state index is 0.105. The van der Waals surface area contributed by atoms with E-state index in [1.165, 1.54) is 6.07 Å². The van der Waals surface area contributed by atoms with Crippen molar-refractivity contribution in [1.29, 1.82) is 0 Å². The minimum atomic E-state index is -0.353. The average molecular weight is 291 g/mol. The third kappa shape index (κ3) is 2.87. The summed E-state index contributed by atoms with van der Waals surface area (Å²) in [5.74, 6) is 0.156. The molecule has 1 fully saturated rings. The molecule has 0 bridgehead atoms. The second kappa shape index (κ2) is 5.77. The Morgan fingerprint density at radius 1 is 1.43 bits per heavy atom. The molecule has 2 heterocycles. The summed E-state index contributed by atoms with van der Waals surface area (Å²) in [4.78, 5) is 0. The first-order valence-corrected chi connectivity index (χ1v) is 7.09. The van der Waals surface area contributed by atoms with E-state index < -0.39 is 0 Å². The first kappa shape index (κ1) is 13.9. The lowest BCUT2D eigenvalue weighted by Gasteiger charge is -2.22. The molecule has 0 aliphatic carbocycles. The molecule has 1 aliphatic rings. The first-order valence-electron chi connectivity index (χ1n) is 7.09. The van der Waals surface area contributed by atoms with Crippen LogP contribution >= 0.6 is 0 Å². The number of tetrazole rings is 1. The van der Waals surface area contributed by atoms with Crippen molar-refractivity contribution >= 4 is 5.69 Å². The van der Waals surface area contributed by atoms with Gasteiger partial charge in [0, 0.05) is 23.4 Å². The Morgan fingerprint density at radius 2 is 2.29 bits per heavy atom. The van der Waals surface area contributed by atoms with E-state index in [9.17, 15) is 4.39 Å². The van der Waals surface area contributed by atoms with E-state index in [4.69, 9.17) is 10.5 Å². The number of ether oxygens (including phenoxy) is 1. The van der Waals surface area contributed by atoms with Gasteiger partial charge in [0.2, 0.25) is 0 Å². The summed E-state index contributed by atoms with van der Waals surface area (Å²) in [6.45, 7) is 2.99. The van der Waals surface area contributed by atoms with Crippen LogP contribution in [0.25, 0.3) is 11.4 Å². The summed E-state index contributed by atoms with van der Waals surface area (Å²) in [5, 5.41) is 11.7. The molecule has 7 heteroatoms. The van der Waals surface area contributed by atoms with Gasteiger partial charge in [-0.05, 0) is 48.7 Å². The normalized spacial score (nSPS) is 18.9. The molecule has 6 nitrogen and oxygen atoms in total. The molecule has 0 amide bonds. The van der Waals surface area contributed by atoms with Crippen LogP contribution in [0.4, 0.5) is 10.1 Å². The van der Waals surface area contributed by atoms with Gasteiger partial charge >= 0.3 is 0 Å². The maximum absolute atomic E-state index is 13.8. The van der Waals surface area contributed by atoms with Gasteiger partial charge in [0.15, 0.2) is 5.82 Å². The van der Waals surface area contributed by atoms with Crippen LogP contribution < -0.4 is 5.73 Å². The zero-order valence-electron chi connectivity index (χ0n) is 11.9. The van der Waals surface area contributed by atoms with Crippen molar-refractivity contribution in [1.82, 2.24) is 20.2 Å². The Kier molecular flexibility index (Phi) is 3.83. The molecule has 2 N–H and O–H groups in total. The Bertz CT molecular complexity index is 613. The van der Waals surface area contributed by atoms with Gasteiger partial charge in [0.05, 0.1) is 12.6 Å². The van der Waals surface area contributed by atoms with Gasteiger partial charge in [-0.2, -0.15) is 0 Å². The lowest BCUT2D eigenvalue weighted by molar-refractivity contribution is 0.00397. The topological polar surface area (TPSA) is 78.9 Å². The van der Waals surface area contributed by atoms with Crippen LogP contribution in [0.3, 0.4) is 0 Å². The summed E-state index contributed by atoms with van der Waals surface area (Å²) in [6, 6.07) is 3.11. The fourth-order valence-electron chi connectivity index (χ4n) is 2.51. The van der Waals surface area contributed by atoms with E-state index >= 15 is 0 Å². The summed E-state index contributed by atoms with van der Waals surface area (Å²) in [5.41, 5.74) is 7.23. The van der Waals surface area contributed by atoms with Crippen LogP contribution in [0.2, 0.25) is 0 Å². The number of rotatable bonds is 3. The maximum Gasteiger partial charge on any atom is 0.182 e. The molecule has 1 aromatic carbocycles. The molecule has 1 atom stereocenters. The van der Waals surface area contributed by atoms with Gasteiger partial charge in [0.1, 0.15) is 5.82 Å². The SMILES string of the molecule is Cc1c(N)cc(-c2nnnn2CC2CCCCO2)cc1F. The highest BCUT2D eigenvalue weighted by molar-refractivity contribution is 5.63. The summed E-state index contributed by atoms with van der Waals surface area (Å²) >= 11 is 0. The van der Waals surface area contributed by atoms with Gasteiger partial charge in [0.25, 0.3) is 0 Å². The quantitative estimate of drug-likeness (QED) is 0.874. The molecule has 1 unspecified atom stereocenters. The fourth-order valence-corrected chi connectivity index (χ4v) is 2.51. The van der Waals surface area contributed by atoms with Gasteiger partial charge in [-0.25, -0.2) is 9.07 Å². The van der Waals surface area contributed by atoms with Gasteiger partial charge in [-0.1, -0.05) is 0 Å². The second-order valence-corrected chi connectivity index (χ2v) is 5.35. The van der Waals surface area contributed by atoms with Crippen LogP contribution in [-0.4, -0.2) is 32.9 Å². The maximum atomic E-state index is 13.8. The van der Waals surface area contributed by atoms with Gasteiger partial charge in [-0.15, -0.1) is 5.10 Å². The monoisotopic (exact) mass is 291 g/mol. The van der Waals surface area contributed by atoms with Crippen LogP contribution in [0, 0.1) is 12.7 Å². The highest BCUT2D eigenvalue weighted by Gasteiger charge is 2.19. The van der Waals surface area contributed by atoms with E-state index in [0.717, 1.165) is 25.9 Å². The number of nitrogens with zero attached hydrogens (tertiary/aromatic N) is 4. The largest absolute Gasteiger partial charge is 0.398 e. The van der Waals surface area contributed by atoms with E-state index in [2.05, 4.69) is 15.5 Å². The van der Waals surface area contributed by atoms with Crippen molar-refractivity contribution in [2.45, 2.75) is 38.8 Å². The zero-order valence-corrected chi connectivity index (χ0v) is 11.9. The second-order valence-electron chi connectivity index (χ2n) is 5.35. The lowest BCUT2D eigenvalue weighted by atomic mass is 10.1. The number of hydrogen-bond acceptors (Lipinski definition) is 5. The molecule has 21 heavy (non-hydrogen) atoms. The molecular formula is C14H18FN5O. The molecule has 2 aromatic rings. The summed E-state index contributed by atoms with van der Waals surface area (Å²) in [7, 11) is 0. The number of halogens is 1. The van der Waals surface area contributed by atoms with Crippen molar-refractivity contribution in [3.63, 3.8) is 0 Å². The van der Waals surface area contributed by atoms with Gasteiger partial charge < -0.3 is 10.5 Å². The molecule has 0 radical (unpaired) electrons. The van der Waals surface area contributed by atoms with Crippen molar-refractivity contribution in [3.8, 4) is 11.4 Å². The summed E-state index contributed by atoms with van der Waals surface area (Å²) < 4.78 is 21.2. The number of aromatic nitrogens is 4. The van der Waals surface area contributed by atoms with E-state index in [1.54, 1.807) is 17.7 Å². The van der Waals surface area contributed by atoms with Crippen LogP contribution in [0.5, 0.6) is 0 Å². The number of hydrogen-bond donors (Lipinski definition) is 1. The van der Waals surface area contributed by atoms with Crippen molar-refractivity contribution < 1.29 is 9.13 Å². The van der Waals surface area contributed by atoms with Crippen molar-refractivity contribution in [2.24, 2.45) is 0 Å². The standard InChI is InChI=1S/C14H18FN5O/c1-9-12(15)6-10(7-13(9)16)14-17-18-19-20(14)8-11-4-2-3-5-21-11/h6-7,11H,2-5,8,16H2,1H3. The lowest BCUT2D eigenvalue weighted by Crippen LogP contribution is -2.25. The molecule has 112 valence electrons. The fraction of sp³-hybridized carbons (Fsp3) is 0.500. The van der Waals surface area contributed by atoms with Crippen LogP contribution in [0.1, 0.15) is 24.8 Å². The molecule has 0 spiro atoms. The number of benzene rings is 1. The predicted molar refractivity (Wildman–Crippen MR) is 76.0 cm³/mol. The molecule has 3 rings (SSSR count). The van der Waals surface area contributed by atoms with E-state index in [-0.39, 0.29) is 11.9 Å². The smallest absolute Gasteiger partial charge is 0.182 e. The third-order valence-electron chi connectivity index (χ3n) is 3.83. The Hall–Kier alpha value is -2.02. The summed E-state index contributed by atoms with van der Waals surface area (Å²) in [6.07, 6.45) is 3.34. The van der Waals surface area contributed by atoms with E-state index in [1.807, 2.05) is 0 Å². The molecular weight excluding hydrogens is 273 g/mol. The predicted octanol–water partition coefficient (Wildman–Crippen LogP) is 1.94. The minimum Gasteiger partial charge on any atom is -0.398 e. The van der Waals surface area contributed by atoms with Crippen LogP contribution in [-0.2, 0) is 11.3 Å². The Balaban J connectivity index is 1.88. The van der Waals surface area contributed by atoms with Crippen LogP contribution in [0.15, 0.2) is 12.1 Å².